The molecule has 24 heavy (non-hydrogen) atoms. The van der Waals surface area contributed by atoms with Gasteiger partial charge in [0.25, 0.3) is 0 Å². The first-order valence-electron chi connectivity index (χ1n) is 8.22. The van der Waals surface area contributed by atoms with E-state index in [1.54, 1.807) is 20.8 Å². The highest BCUT2D eigenvalue weighted by Crippen LogP contribution is 2.14. The van der Waals surface area contributed by atoms with Gasteiger partial charge in [-0.3, -0.25) is 0 Å². The molecule has 1 rings (SSSR count). The molecule has 0 aliphatic rings. The second-order valence-electron chi connectivity index (χ2n) is 6.64. The lowest BCUT2D eigenvalue weighted by atomic mass is 10.1. The average molecular weight is 336 g/mol. The number of hydrogen-bond acceptors (Lipinski definition) is 5. The minimum Gasteiger partial charge on any atom is -0.459 e. The van der Waals surface area contributed by atoms with Crippen LogP contribution >= 0.6 is 0 Å². The SMILES string of the molecule is CCCC[C@@H](C(=O)OCc1ccccc1)N(N)C(=O)OC(C)(C)C. The third-order valence-corrected chi connectivity index (χ3v) is 3.27. The average Bonchev–Trinajstić information content (AvgIpc) is 2.52. The molecular weight excluding hydrogens is 308 g/mol. The van der Waals surface area contributed by atoms with Crippen LogP contribution in [0.25, 0.3) is 0 Å². The molecule has 0 radical (unpaired) electrons. The maximum absolute atomic E-state index is 12.4. The number of carbonyl (C=O) groups excluding carboxylic acids is 2. The first-order chi connectivity index (χ1) is 11.2. The molecule has 0 saturated carbocycles. The third kappa shape index (κ3) is 7.00. The fourth-order valence-corrected chi connectivity index (χ4v) is 2.03. The Balaban J connectivity index is 2.71. The molecular formula is C18H28N2O4. The maximum Gasteiger partial charge on any atom is 0.425 e. The number of ether oxygens (including phenoxy) is 2. The Kier molecular flexibility index (Phi) is 7.71. The van der Waals surface area contributed by atoms with E-state index >= 15 is 0 Å². The molecule has 1 aromatic rings. The van der Waals surface area contributed by atoms with Crippen LogP contribution in [0.1, 0.15) is 52.5 Å². The summed E-state index contributed by atoms with van der Waals surface area (Å²) < 4.78 is 10.5. The van der Waals surface area contributed by atoms with Crippen LogP contribution < -0.4 is 5.84 Å². The van der Waals surface area contributed by atoms with Crippen molar-refractivity contribution in [2.45, 2.75) is 65.2 Å². The summed E-state index contributed by atoms with van der Waals surface area (Å²) in [6, 6.07) is 8.49. The van der Waals surface area contributed by atoms with E-state index in [1.807, 2.05) is 37.3 Å². The van der Waals surface area contributed by atoms with Gasteiger partial charge in [-0.2, -0.15) is 0 Å². The molecule has 0 unspecified atom stereocenters. The molecule has 0 fully saturated rings. The summed E-state index contributed by atoms with van der Waals surface area (Å²) in [7, 11) is 0. The van der Waals surface area contributed by atoms with E-state index in [2.05, 4.69) is 0 Å². The monoisotopic (exact) mass is 336 g/mol. The van der Waals surface area contributed by atoms with Crippen molar-refractivity contribution in [3.8, 4) is 0 Å². The van der Waals surface area contributed by atoms with Gasteiger partial charge in [-0.05, 0) is 32.8 Å². The minimum atomic E-state index is -0.858. The Morgan fingerprint density at radius 2 is 1.83 bits per heavy atom. The van der Waals surface area contributed by atoms with Crippen LogP contribution in [0.2, 0.25) is 0 Å². The number of rotatable bonds is 7. The highest BCUT2D eigenvalue weighted by Gasteiger charge is 2.31. The molecule has 2 N–H and O–H groups in total. The fraction of sp³-hybridized carbons (Fsp3) is 0.556. The molecule has 1 amide bonds. The standard InChI is InChI=1S/C18H28N2O4/c1-5-6-12-15(20(19)17(22)24-18(2,3)4)16(21)23-13-14-10-8-7-9-11-14/h7-11,15H,5-6,12-13,19H2,1-4H3/t15-/m0/s1. The summed E-state index contributed by atoms with van der Waals surface area (Å²) in [5.74, 6) is 5.31. The zero-order chi connectivity index (χ0) is 18.2. The van der Waals surface area contributed by atoms with Crippen molar-refractivity contribution >= 4 is 12.1 Å². The maximum atomic E-state index is 12.4. The molecule has 1 aromatic carbocycles. The van der Waals surface area contributed by atoms with Crippen LogP contribution in [-0.4, -0.2) is 28.7 Å². The van der Waals surface area contributed by atoms with Gasteiger partial charge in [0.15, 0.2) is 0 Å². The topological polar surface area (TPSA) is 81.9 Å². The normalized spacial score (nSPS) is 12.4. The van der Waals surface area contributed by atoms with E-state index in [0.29, 0.717) is 6.42 Å². The van der Waals surface area contributed by atoms with Crippen molar-refractivity contribution in [3.05, 3.63) is 35.9 Å². The summed E-state index contributed by atoms with van der Waals surface area (Å²) in [5.41, 5.74) is 0.193. The van der Waals surface area contributed by atoms with Gasteiger partial charge < -0.3 is 9.47 Å². The summed E-state index contributed by atoms with van der Waals surface area (Å²) in [5, 5.41) is 0.842. The van der Waals surface area contributed by atoms with Gasteiger partial charge in [0.05, 0.1) is 0 Å². The summed E-state index contributed by atoms with van der Waals surface area (Å²) in [6.45, 7) is 7.37. The molecule has 0 bridgehead atoms. The Bertz CT molecular complexity index is 526. The smallest absolute Gasteiger partial charge is 0.425 e. The van der Waals surface area contributed by atoms with Gasteiger partial charge in [-0.25, -0.2) is 20.4 Å². The van der Waals surface area contributed by atoms with Crippen molar-refractivity contribution in [3.63, 3.8) is 0 Å². The summed E-state index contributed by atoms with van der Waals surface area (Å²) in [6.07, 6.45) is 1.33. The second kappa shape index (κ2) is 9.27. The Hall–Kier alpha value is -2.08. The van der Waals surface area contributed by atoms with Gasteiger partial charge in [0.1, 0.15) is 18.2 Å². The quantitative estimate of drug-likeness (QED) is 0.357. The van der Waals surface area contributed by atoms with E-state index in [1.165, 1.54) is 0 Å². The molecule has 134 valence electrons. The highest BCUT2D eigenvalue weighted by molar-refractivity contribution is 5.81. The van der Waals surface area contributed by atoms with E-state index in [0.717, 1.165) is 23.4 Å². The number of hydrazine groups is 1. The number of benzene rings is 1. The lowest BCUT2D eigenvalue weighted by Crippen LogP contribution is -2.51. The van der Waals surface area contributed by atoms with Crippen LogP contribution in [0.3, 0.4) is 0 Å². The predicted molar refractivity (Wildman–Crippen MR) is 91.8 cm³/mol. The van der Waals surface area contributed by atoms with E-state index in [-0.39, 0.29) is 6.61 Å². The third-order valence-electron chi connectivity index (χ3n) is 3.27. The molecule has 1 atom stereocenters. The molecule has 0 saturated heterocycles. The van der Waals surface area contributed by atoms with E-state index in [9.17, 15) is 9.59 Å². The van der Waals surface area contributed by atoms with Crippen molar-refractivity contribution in [1.29, 1.82) is 0 Å². The largest absolute Gasteiger partial charge is 0.459 e. The number of nitrogens with zero attached hydrogens (tertiary/aromatic N) is 1. The van der Waals surface area contributed by atoms with Gasteiger partial charge in [-0.15, -0.1) is 0 Å². The summed E-state index contributed by atoms with van der Waals surface area (Å²) >= 11 is 0. The van der Waals surface area contributed by atoms with Crippen molar-refractivity contribution in [1.82, 2.24) is 5.01 Å². The minimum absolute atomic E-state index is 0.143. The van der Waals surface area contributed by atoms with E-state index < -0.39 is 23.7 Å². The number of hydrogen-bond donors (Lipinski definition) is 1. The molecule has 6 heteroatoms. The van der Waals surface area contributed by atoms with Crippen molar-refractivity contribution in [2.24, 2.45) is 5.84 Å². The Morgan fingerprint density at radius 3 is 2.38 bits per heavy atom. The number of esters is 1. The highest BCUT2D eigenvalue weighted by atomic mass is 16.6. The van der Waals surface area contributed by atoms with Gasteiger partial charge in [-0.1, -0.05) is 50.1 Å². The molecule has 0 aliphatic heterocycles. The molecule has 0 aromatic heterocycles. The lowest BCUT2D eigenvalue weighted by Gasteiger charge is -2.28. The molecule has 6 nitrogen and oxygen atoms in total. The van der Waals surface area contributed by atoms with Gasteiger partial charge >= 0.3 is 12.1 Å². The van der Waals surface area contributed by atoms with Crippen molar-refractivity contribution < 1.29 is 19.1 Å². The Labute approximate surface area is 143 Å². The van der Waals surface area contributed by atoms with E-state index in [4.69, 9.17) is 15.3 Å². The number of amides is 1. The first kappa shape index (κ1) is 20.0. The lowest BCUT2D eigenvalue weighted by molar-refractivity contribution is -0.151. The van der Waals surface area contributed by atoms with Crippen LogP contribution in [0.5, 0.6) is 0 Å². The molecule has 0 aliphatic carbocycles. The molecule has 0 spiro atoms. The number of unbranched alkanes of at least 4 members (excludes halogenated alkanes) is 1. The molecule has 0 heterocycles. The second-order valence-corrected chi connectivity index (χ2v) is 6.64. The first-order valence-corrected chi connectivity index (χ1v) is 8.22. The number of nitrogens with two attached hydrogens (primary N) is 1. The van der Waals surface area contributed by atoms with Crippen LogP contribution in [0.15, 0.2) is 30.3 Å². The zero-order valence-corrected chi connectivity index (χ0v) is 15.0. The Morgan fingerprint density at radius 1 is 1.21 bits per heavy atom. The fourth-order valence-electron chi connectivity index (χ4n) is 2.03. The van der Waals surface area contributed by atoms with Gasteiger partial charge in [0, 0.05) is 0 Å². The zero-order valence-electron chi connectivity index (χ0n) is 15.0. The summed E-state index contributed by atoms with van der Waals surface area (Å²) in [4.78, 5) is 24.5. The predicted octanol–water partition coefficient (Wildman–Crippen LogP) is 3.40. The van der Waals surface area contributed by atoms with Crippen LogP contribution in [0.4, 0.5) is 4.79 Å². The van der Waals surface area contributed by atoms with Crippen LogP contribution in [-0.2, 0) is 20.9 Å². The van der Waals surface area contributed by atoms with Crippen LogP contribution in [0, 0.1) is 0 Å². The van der Waals surface area contributed by atoms with Crippen molar-refractivity contribution in [2.75, 3.05) is 0 Å². The number of carbonyl (C=O) groups is 2. The van der Waals surface area contributed by atoms with Gasteiger partial charge in [0.2, 0.25) is 0 Å².